The van der Waals surface area contributed by atoms with Gasteiger partial charge < -0.3 is 14.8 Å². The number of hydrogen-bond donors (Lipinski definition) is 1. The first kappa shape index (κ1) is 20.8. The van der Waals surface area contributed by atoms with E-state index in [9.17, 15) is 19.7 Å². The smallest absolute Gasteiger partial charge is 0.294 e. The molecule has 0 aliphatic carbocycles. The third kappa shape index (κ3) is 4.51. The van der Waals surface area contributed by atoms with Crippen molar-refractivity contribution in [1.29, 1.82) is 0 Å². The standard InChI is InChI=1S/C21H20ClN5O4/c22-14-5-6-17(18(13-14)27(30)31)25-9-11-26(12-10-25)20(28)8-7-19-23-16-4-2-1-3-15(16)21(29)24-19/h1-6,13H,7-12H2,(H,23,24,29). The maximum absolute atomic E-state index is 12.6. The van der Waals surface area contributed by atoms with Gasteiger partial charge in [-0.3, -0.25) is 19.7 Å². The molecule has 0 unspecified atom stereocenters. The van der Waals surface area contributed by atoms with Gasteiger partial charge in [0.05, 0.1) is 15.8 Å². The highest BCUT2D eigenvalue weighted by atomic mass is 35.5. The highest BCUT2D eigenvalue weighted by Crippen LogP contribution is 2.31. The number of halogens is 1. The molecule has 2 heterocycles. The number of aromatic nitrogens is 2. The summed E-state index contributed by atoms with van der Waals surface area (Å²) in [6.07, 6.45) is 0.560. The molecule has 1 aliphatic heterocycles. The lowest BCUT2D eigenvalue weighted by Crippen LogP contribution is -2.49. The molecular formula is C21H20ClN5O4. The van der Waals surface area contributed by atoms with Crippen LogP contribution in [0.5, 0.6) is 0 Å². The fourth-order valence-corrected chi connectivity index (χ4v) is 3.91. The normalized spacial score (nSPS) is 14.1. The minimum absolute atomic E-state index is 0.0407. The minimum atomic E-state index is -0.448. The number of nitro benzene ring substituents is 1. The fourth-order valence-electron chi connectivity index (χ4n) is 3.74. The van der Waals surface area contributed by atoms with E-state index in [0.717, 1.165) is 0 Å². The average Bonchev–Trinajstić information content (AvgIpc) is 2.77. The van der Waals surface area contributed by atoms with E-state index in [1.807, 2.05) is 11.0 Å². The fraction of sp³-hybridized carbons (Fsp3) is 0.286. The minimum Gasteiger partial charge on any atom is -0.362 e. The van der Waals surface area contributed by atoms with E-state index < -0.39 is 4.92 Å². The van der Waals surface area contributed by atoms with Gasteiger partial charge in [-0.05, 0) is 24.3 Å². The van der Waals surface area contributed by atoms with E-state index >= 15 is 0 Å². The molecule has 0 atom stereocenters. The zero-order valence-corrected chi connectivity index (χ0v) is 17.3. The van der Waals surface area contributed by atoms with Crippen molar-refractivity contribution in [3.05, 3.63) is 73.8 Å². The van der Waals surface area contributed by atoms with Gasteiger partial charge in [0.25, 0.3) is 11.2 Å². The van der Waals surface area contributed by atoms with Gasteiger partial charge >= 0.3 is 0 Å². The van der Waals surface area contributed by atoms with Crippen LogP contribution in [0.25, 0.3) is 10.9 Å². The van der Waals surface area contributed by atoms with E-state index in [0.29, 0.717) is 60.0 Å². The summed E-state index contributed by atoms with van der Waals surface area (Å²) in [5.74, 6) is 0.438. The SMILES string of the molecule is O=C(CCc1nc2ccccc2c(=O)[nH]1)N1CCN(c2ccc(Cl)cc2[N+](=O)[O-])CC1. The first-order valence-corrected chi connectivity index (χ1v) is 10.2. The molecule has 4 rings (SSSR count). The lowest BCUT2D eigenvalue weighted by molar-refractivity contribution is -0.384. The van der Waals surface area contributed by atoms with Crippen molar-refractivity contribution in [1.82, 2.24) is 14.9 Å². The first-order chi connectivity index (χ1) is 14.9. The lowest BCUT2D eigenvalue weighted by Gasteiger charge is -2.35. The molecule has 10 heteroatoms. The summed E-state index contributed by atoms with van der Waals surface area (Å²) in [7, 11) is 0. The molecule has 0 spiro atoms. The molecule has 1 N–H and O–H groups in total. The van der Waals surface area contributed by atoms with Crippen molar-refractivity contribution < 1.29 is 9.72 Å². The number of nitrogens with one attached hydrogen (secondary N) is 1. The maximum Gasteiger partial charge on any atom is 0.294 e. The Kier molecular flexibility index (Phi) is 5.85. The zero-order valence-electron chi connectivity index (χ0n) is 16.6. The molecule has 0 saturated carbocycles. The third-order valence-corrected chi connectivity index (χ3v) is 5.58. The number of fused-ring (bicyclic) bond motifs is 1. The van der Waals surface area contributed by atoms with Gasteiger partial charge in [-0.15, -0.1) is 0 Å². The number of H-pyrrole nitrogens is 1. The van der Waals surface area contributed by atoms with Crippen molar-refractivity contribution in [2.45, 2.75) is 12.8 Å². The van der Waals surface area contributed by atoms with E-state index in [-0.39, 0.29) is 23.6 Å². The number of anilines is 1. The van der Waals surface area contributed by atoms with Gasteiger partial charge in [0, 0.05) is 50.1 Å². The Morgan fingerprint density at radius 3 is 2.65 bits per heavy atom. The molecular weight excluding hydrogens is 422 g/mol. The predicted molar refractivity (Wildman–Crippen MR) is 118 cm³/mol. The third-order valence-electron chi connectivity index (χ3n) is 5.34. The number of carbonyl (C=O) groups is 1. The van der Waals surface area contributed by atoms with Crippen LogP contribution in [0, 0.1) is 10.1 Å². The molecule has 3 aromatic rings. The van der Waals surface area contributed by atoms with Gasteiger partial charge in [0.1, 0.15) is 11.5 Å². The molecule has 2 aromatic carbocycles. The molecule has 1 amide bonds. The van der Waals surface area contributed by atoms with Gasteiger partial charge in [-0.2, -0.15) is 0 Å². The van der Waals surface area contributed by atoms with E-state index in [4.69, 9.17) is 11.6 Å². The molecule has 1 fully saturated rings. The Balaban J connectivity index is 1.37. The Morgan fingerprint density at radius 1 is 1.16 bits per heavy atom. The molecule has 0 bridgehead atoms. The molecule has 31 heavy (non-hydrogen) atoms. The Bertz CT molecular complexity index is 1200. The lowest BCUT2D eigenvalue weighted by atomic mass is 10.2. The molecule has 1 aliphatic rings. The van der Waals surface area contributed by atoms with Crippen LogP contribution in [0.2, 0.25) is 5.02 Å². The summed E-state index contributed by atoms with van der Waals surface area (Å²) in [5, 5.41) is 12.2. The zero-order chi connectivity index (χ0) is 22.0. The number of para-hydroxylation sites is 1. The number of aromatic amines is 1. The summed E-state index contributed by atoms with van der Waals surface area (Å²) in [6.45, 7) is 1.89. The number of benzene rings is 2. The van der Waals surface area contributed by atoms with Crippen LogP contribution < -0.4 is 10.5 Å². The summed E-state index contributed by atoms with van der Waals surface area (Å²) in [4.78, 5) is 46.5. The number of carbonyl (C=O) groups excluding carboxylic acids is 1. The topological polar surface area (TPSA) is 112 Å². The van der Waals surface area contributed by atoms with Crippen molar-refractivity contribution in [2.24, 2.45) is 0 Å². The highest BCUT2D eigenvalue weighted by Gasteiger charge is 2.26. The Labute approximate surface area is 182 Å². The van der Waals surface area contributed by atoms with Gasteiger partial charge in [0.15, 0.2) is 0 Å². The monoisotopic (exact) mass is 441 g/mol. The number of rotatable bonds is 5. The van der Waals surface area contributed by atoms with Crippen molar-refractivity contribution in [3.63, 3.8) is 0 Å². The largest absolute Gasteiger partial charge is 0.362 e. The summed E-state index contributed by atoms with van der Waals surface area (Å²) in [5.41, 5.74) is 0.844. The van der Waals surface area contributed by atoms with E-state index in [1.165, 1.54) is 6.07 Å². The van der Waals surface area contributed by atoms with E-state index in [1.54, 1.807) is 35.2 Å². The highest BCUT2D eigenvalue weighted by molar-refractivity contribution is 6.30. The number of piperazine rings is 1. The second-order valence-electron chi connectivity index (χ2n) is 7.29. The molecule has 1 aromatic heterocycles. The summed E-state index contributed by atoms with van der Waals surface area (Å²) < 4.78 is 0. The number of nitrogens with zero attached hydrogens (tertiary/aromatic N) is 4. The summed E-state index contributed by atoms with van der Waals surface area (Å²) in [6, 6.07) is 11.7. The number of nitro groups is 1. The second-order valence-corrected chi connectivity index (χ2v) is 7.72. The Morgan fingerprint density at radius 2 is 1.90 bits per heavy atom. The molecule has 9 nitrogen and oxygen atoms in total. The van der Waals surface area contributed by atoms with Crippen LogP contribution in [-0.2, 0) is 11.2 Å². The van der Waals surface area contributed by atoms with Gasteiger partial charge in [-0.1, -0.05) is 23.7 Å². The van der Waals surface area contributed by atoms with Crippen LogP contribution in [0.4, 0.5) is 11.4 Å². The quantitative estimate of drug-likeness (QED) is 0.481. The van der Waals surface area contributed by atoms with Crippen LogP contribution >= 0.6 is 11.6 Å². The first-order valence-electron chi connectivity index (χ1n) is 9.87. The van der Waals surface area contributed by atoms with Crippen LogP contribution in [-0.4, -0.2) is 51.9 Å². The molecule has 0 radical (unpaired) electrons. The number of hydrogen-bond acceptors (Lipinski definition) is 6. The predicted octanol–water partition coefficient (Wildman–Crippen LogP) is 2.77. The average molecular weight is 442 g/mol. The second kappa shape index (κ2) is 8.73. The maximum atomic E-state index is 12.6. The van der Waals surface area contributed by atoms with Gasteiger partial charge in [-0.25, -0.2) is 4.98 Å². The number of aryl methyl sites for hydroxylation is 1. The van der Waals surface area contributed by atoms with E-state index in [2.05, 4.69) is 9.97 Å². The molecule has 1 saturated heterocycles. The Hall–Kier alpha value is -3.46. The number of amides is 1. The van der Waals surface area contributed by atoms with Crippen LogP contribution in [0.1, 0.15) is 12.2 Å². The van der Waals surface area contributed by atoms with Crippen molar-refractivity contribution in [3.8, 4) is 0 Å². The van der Waals surface area contributed by atoms with Crippen LogP contribution in [0.3, 0.4) is 0 Å². The van der Waals surface area contributed by atoms with Crippen molar-refractivity contribution in [2.75, 3.05) is 31.1 Å². The molecule has 160 valence electrons. The summed E-state index contributed by atoms with van der Waals surface area (Å²) >= 11 is 5.89. The van der Waals surface area contributed by atoms with Crippen molar-refractivity contribution >= 4 is 39.8 Å². The van der Waals surface area contributed by atoms with Gasteiger partial charge in [0.2, 0.25) is 5.91 Å². The van der Waals surface area contributed by atoms with Crippen LogP contribution in [0.15, 0.2) is 47.3 Å².